The average molecular weight is 285 g/mol. The van der Waals surface area contributed by atoms with E-state index in [1.54, 1.807) is 38.6 Å². The van der Waals surface area contributed by atoms with Crippen LogP contribution in [-0.4, -0.2) is 25.5 Å². The molecular formula is C17H19NO3. The zero-order valence-corrected chi connectivity index (χ0v) is 12.4. The van der Waals surface area contributed by atoms with E-state index in [9.17, 15) is 5.11 Å². The normalized spacial score (nSPS) is 12.3. The van der Waals surface area contributed by atoms with Gasteiger partial charge >= 0.3 is 0 Å². The Morgan fingerprint density at radius 1 is 1.10 bits per heavy atom. The van der Waals surface area contributed by atoms with Gasteiger partial charge in [0.2, 0.25) is 0 Å². The van der Waals surface area contributed by atoms with Crippen molar-refractivity contribution in [3.8, 4) is 17.2 Å². The van der Waals surface area contributed by atoms with Crippen molar-refractivity contribution in [1.82, 2.24) is 0 Å². The van der Waals surface area contributed by atoms with Gasteiger partial charge in [-0.2, -0.15) is 0 Å². The van der Waals surface area contributed by atoms with Gasteiger partial charge in [0.05, 0.1) is 20.3 Å². The number of phenols is 1. The molecule has 0 saturated heterocycles. The predicted octanol–water partition coefficient (Wildman–Crippen LogP) is 3.59. The Kier molecular flexibility index (Phi) is 4.82. The fourth-order valence-corrected chi connectivity index (χ4v) is 2.05. The molecule has 0 saturated carbocycles. The summed E-state index contributed by atoms with van der Waals surface area (Å²) in [4.78, 5) is 4.49. The third kappa shape index (κ3) is 3.54. The van der Waals surface area contributed by atoms with Gasteiger partial charge in [-0.05, 0) is 31.2 Å². The highest BCUT2D eigenvalue weighted by Crippen LogP contribution is 2.27. The largest absolute Gasteiger partial charge is 0.507 e. The smallest absolute Gasteiger partial charge is 0.124 e. The molecule has 1 atom stereocenters. The summed E-state index contributed by atoms with van der Waals surface area (Å²) >= 11 is 0. The second kappa shape index (κ2) is 6.79. The second-order valence-corrected chi connectivity index (χ2v) is 4.62. The highest BCUT2D eigenvalue weighted by molar-refractivity contribution is 5.84. The number of phenolic OH excluding ortho intramolecular Hbond substituents is 1. The molecule has 0 aliphatic rings. The molecule has 0 spiro atoms. The van der Waals surface area contributed by atoms with E-state index in [2.05, 4.69) is 4.99 Å². The molecule has 0 aromatic heterocycles. The summed E-state index contributed by atoms with van der Waals surface area (Å²) in [5.41, 5.74) is 1.62. The van der Waals surface area contributed by atoms with Gasteiger partial charge in [-0.25, -0.2) is 0 Å². The number of methoxy groups -OCH3 is 2. The van der Waals surface area contributed by atoms with Crippen LogP contribution < -0.4 is 9.47 Å². The Morgan fingerprint density at radius 3 is 2.57 bits per heavy atom. The van der Waals surface area contributed by atoms with Crippen LogP contribution in [0.3, 0.4) is 0 Å². The number of aliphatic imine (C=N–C) groups is 1. The van der Waals surface area contributed by atoms with Gasteiger partial charge in [0.1, 0.15) is 17.2 Å². The Bertz CT molecular complexity index is 638. The minimum atomic E-state index is -0.0771. The summed E-state index contributed by atoms with van der Waals surface area (Å²) in [5, 5.41) is 9.84. The molecule has 2 aromatic rings. The van der Waals surface area contributed by atoms with Crippen LogP contribution in [0, 0.1) is 0 Å². The lowest BCUT2D eigenvalue weighted by atomic mass is 10.1. The average Bonchev–Trinajstić information content (AvgIpc) is 2.53. The molecule has 0 unspecified atom stereocenters. The number of nitrogens with zero attached hydrogens (tertiary/aromatic N) is 1. The van der Waals surface area contributed by atoms with E-state index in [-0.39, 0.29) is 11.8 Å². The maximum atomic E-state index is 9.84. The fraction of sp³-hybridized carbons (Fsp3) is 0.235. The van der Waals surface area contributed by atoms with Crippen LogP contribution in [-0.2, 0) is 0 Å². The van der Waals surface area contributed by atoms with Crippen LogP contribution in [0.4, 0.5) is 0 Å². The monoisotopic (exact) mass is 285 g/mol. The third-order valence-electron chi connectivity index (χ3n) is 3.26. The molecule has 2 rings (SSSR count). The Hall–Kier alpha value is -2.49. The fourth-order valence-electron chi connectivity index (χ4n) is 2.05. The van der Waals surface area contributed by atoms with Gasteiger partial charge in [-0.15, -0.1) is 0 Å². The number of benzene rings is 2. The number of aromatic hydroxyl groups is 1. The summed E-state index contributed by atoms with van der Waals surface area (Å²) in [6.45, 7) is 1.98. The molecule has 0 heterocycles. The number of hydrogen-bond donors (Lipinski definition) is 1. The van der Waals surface area contributed by atoms with Crippen molar-refractivity contribution in [3.63, 3.8) is 0 Å². The lowest BCUT2D eigenvalue weighted by molar-refractivity contribution is 0.407. The maximum absolute atomic E-state index is 9.84. The topological polar surface area (TPSA) is 51.0 Å². The molecule has 1 N–H and O–H groups in total. The van der Waals surface area contributed by atoms with Crippen LogP contribution in [0.2, 0.25) is 0 Å². The maximum Gasteiger partial charge on any atom is 0.124 e. The van der Waals surface area contributed by atoms with E-state index >= 15 is 0 Å². The second-order valence-electron chi connectivity index (χ2n) is 4.62. The lowest BCUT2D eigenvalue weighted by Gasteiger charge is -2.11. The van der Waals surface area contributed by atoms with Crippen LogP contribution >= 0.6 is 0 Å². The zero-order chi connectivity index (χ0) is 15.2. The van der Waals surface area contributed by atoms with Crippen LogP contribution in [0.1, 0.15) is 24.1 Å². The van der Waals surface area contributed by atoms with Crippen LogP contribution in [0.5, 0.6) is 17.2 Å². The standard InChI is InChI=1S/C17H19NO3/c1-12(15-6-4-5-7-17(15)21-3)18-11-13-10-14(20-2)8-9-16(13)19/h4-12,19H,1-3H3/t12-/m0/s1. The van der Waals surface area contributed by atoms with Crippen molar-refractivity contribution in [2.24, 2.45) is 4.99 Å². The van der Waals surface area contributed by atoms with E-state index in [1.807, 2.05) is 31.2 Å². The molecule has 0 aliphatic heterocycles. The molecule has 4 nitrogen and oxygen atoms in total. The first-order valence-corrected chi connectivity index (χ1v) is 6.68. The molecule has 0 radical (unpaired) electrons. The van der Waals surface area contributed by atoms with Crippen molar-refractivity contribution in [3.05, 3.63) is 53.6 Å². The van der Waals surface area contributed by atoms with Crippen LogP contribution in [0.25, 0.3) is 0 Å². The first kappa shape index (κ1) is 14.9. The summed E-state index contributed by atoms with van der Waals surface area (Å²) in [6.07, 6.45) is 1.65. The number of para-hydroxylation sites is 1. The van der Waals surface area contributed by atoms with Crippen LogP contribution in [0.15, 0.2) is 47.5 Å². The molecule has 2 aromatic carbocycles. The Labute approximate surface area is 124 Å². The SMILES string of the molecule is COc1ccc(O)c(C=N[C@@H](C)c2ccccc2OC)c1. The minimum absolute atomic E-state index is 0.0771. The number of rotatable bonds is 5. The Morgan fingerprint density at radius 2 is 1.86 bits per heavy atom. The summed E-state index contributed by atoms with van der Waals surface area (Å²) in [6, 6.07) is 12.7. The van der Waals surface area contributed by atoms with E-state index in [0.29, 0.717) is 11.3 Å². The summed E-state index contributed by atoms with van der Waals surface area (Å²) in [7, 11) is 3.23. The predicted molar refractivity (Wildman–Crippen MR) is 83.7 cm³/mol. The van der Waals surface area contributed by atoms with Gasteiger partial charge in [-0.1, -0.05) is 18.2 Å². The quantitative estimate of drug-likeness (QED) is 0.854. The number of hydrogen-bond acceptors (Lipinski definition) is 4. The van der Waals surface area contributed by atoms with Crippen molar-refractivity contribution in [2.45, 2.75) is 13.0 Å². The van der Waals surface area contributed by atoms with E-state index < -0.39 is 0 Å². The first-order valence-electron chi connectivity index (χ1n) is 6.68. The van der Waals surface area contributed by atoms with E-state index in [0.717, 1.165) is 11.3 Å². The summed E-state index contributed by atoms with van der Waals surface area (Å²) < 4.78 is 10.5. The molecule has 0 amide bonds. The molecule has 0 aliphatic carbocycles. The molecule has 21 heavy (non-hydrogen) atoms. The molecule has 110 valence electrons. The van der Waals surface area contributed by atoms with Gasteiger partial charge in [0.25, 0.3) is 0 Å². The molecule has 0 fully saturated rings. The highest BCUT2D eigenvalue weighted by atomic mass is 16.5. The van der Waals surface area contributed by atoms with Crippen molar-refractivity contribution < 1.29 is 14.6 Å². The Balaban J connectivity index is 2.24. The lowest BCUT2D eigenvalue weighted by Crippen LogP contribution is -1.96. The zero-order valence-electron chi connectivity index (χ0n) is 12.4. The van der Waals surface area contributed by atoms with Gasteiger partial charge in [0, 0.05) is 17.3 Å². The minimum Gasteiger partial charge on any atom is -0.507 e. The van der Waals surface area contributed by atoms with Gasteiger partial charge in [0.15, 0.2) is 0 Å². The van der Waals surface area contributed by atoms with E-state index in [1.165, 1.54) is 0 Å². The van der Waals surface area contributed by atoms with E-state index in [4.69, 9.17) is 9.47 Å². The third-order valence-corrected chi connectivity index (χ3v) is 3.26. The number of ether oxygens (including phenoxy) is 2. The summed E-state index contributed by atoms with van der Waals surface area (Å²) in [5.74, 6) is 1.66. The highest BCUT2D eigenvalue weighted by Gasteiger charge is 2.09. The first-order chi connectivity index (χ1) is 10.2. The molecule has 4 heteroatoms. The van der Waals surface area contributed by atoms with Gasteiger partial charge in [-0.3, -0.25) is 4.99 Å². The van der Waals surface area contributed by atoms with Crippen molar-refractivity contribution >= 4 is 6.21 Å². The van der Waals surface area contributed by atoms with Crippen molar-refractivity contribution in [1.29, 1.82) is 0 Å². The van der Waals surface area contributed by atoms with Gasteiger partial charge < -0.3 is 14.6 Å². The van der Waals surface area contributed by atoms with Crippen molar-refractivity contribution in [2.75, 3.05) is 14.2 Å². The molecular weight excluding hydrogens is 266 g/mol. The molecule has 0 bridgehead atoms.